The lowest BCUT2D eigenvalue weighted by Crippen LogP contribution is -2.05. The summed E-state index contributed by atoms with van der Waals surface area (Å²) in [5.41, 5.74) is 0. The molecule has 4 heteroatoms. The third-order valence-electron chi connectivity index (χ3n) is 2.75. The molecule has 0 heterocycles. The van der Waals surface area contributed by atoms with Crippen molar-refractivity contribution in [1.82, 2.24) is 0 Å². The molecule has 0 bridgehead atoms. The molecule has 114 valence electrons. The molecule has 4 nitrogen and oxygen atoms in total. The Morgan fingerprint density at radius 1 is 0.800 bits per heavy atom. The van der Waals surface area contributed by atoms with Gasteiger partial charge in [-0.05, 0) is 31.9 Å². The van der Waals surface area contributed by atoms with E-state index in [1.165, 1.54) is 0 Å². The number of ether oxygens (including phenoxy) is 4. The fourth-order valence-corrected chi connectivity index (χ4v) is 1.75. The Labute approximate surface area is 122 Å². The summed E-state index contributed by atoms with van der Waals surface area (Å²) < 4.78 is 22.6. The zero-order valence-corrected chi connectivity index (χ0v) is 13.0. The summed E-state index contributed by atoms with van der Waals surface area (Å²) in [4.78, 5) is 0. The molecule has 1 aromatic rings. The smallest absolute Gasteiger partial charge is 0.207 e. The van der Waals surface area contributed by atoms with Crippen molar-refractivity contribution in [2.24, 2.45) is 0 Å². The van der Waals surface area contributed by atoms with Crippen LogP contribution in [0, 0.1) is 0 Å². The Bertz CT molecular complexity index is 390. The highest BCUT2D eigenvalue weighted by Gasteiger charge is 2.18. The van der Waals surface area contributed by atoms with Crippen LogP contribution in [0.2, 0.25) is 0 Å². The van der Waals surface area contributed by atoms with Crippen molar-refractivity contribution in [3.63, 3.8) is 0 Å². The van der Waals surface area contributed by atoms with E-state index < -0.39 is 0 Å². The number of benzene rings is 1. The quantitative estimate of drug-likeness (QED) is 0.606. The van der Waals surface area contributed by atoms with Gasteiger partial charge in [0.05, 0.1) is 26.9 Å². The Morgan fingerprint density at radius 2 is 1.50 bits per heavy atom. The maximum Gasteiger partial charge on any atom is 0.207 e. The van der Waals surface area contributed by atoms with Gasteiger partial charge in [0.1, 0.15) is 0 Å². The van der Waals surface area contributed by atoms with Gasteiger partial charge >= 0.3 is 0 Å². The van der Waals surface area contributed by atoms with E-state index in [1.807, 2.05) is 19.1 Å². The molecule has 0 saturated carbocycles. The molecule has 0 atom stereocenters. The molecule has 0 aliphatic rings. The predicted octanol–water partition coefficient (Wildman–Crippen LogP) is 4.06. The molecule has 1 rings (SSSR count). The molecule has 0 amide bonds. The maximum absolute atomic E-state index is 5.81. The van der Waals surface area contributed by atoms with Gasteiger partial charge < -0.3 is 18.9 Å². The van der Waals surface area contributed by atoms with Crippen LogP contribution < -0.4 is 18.9 Å². The standard InChI is InChI=1S/C16H26O4/c1-5-8-12-19-14-10-9-13(17-4)15(18-7-3)16(14)20-11-6-2/h9-10H,5-8,11-12H2,1-4H3. The topological polar surface area (TPSA) is 36.9 Å². The first-order valence-corrected chi connectivity index (χ1v) is 7.37. The number of hydrogen-bond donors (Lipinski definition) is 0. The van der Waals surface area contributed by atoms with E-state index in [9.17, 15) is 0 Å². The minimum Gasteiger partial charge on any atom is -0.493 e. The largest absolute Gasteiger partial charge is 0.493 e. The average molecular weight is 282 g/mol. The lowest BCUT2D eigenvalue weighted by atomic mass is 10.2. The highest BCUT2D eigenvalue weighted by molar-refractivity contribution is 5.59. The lowest BCUT2D eigenvalue weighted by Gasteiger charge is -2.18. The van der Waals surface area contributed by atoms with Crippen molar-refractivity contribution >= 4 is 0 Å². The van der Waals surface area contributed by atoms with Crippen molar-refractivity contribution in [2.45, 2.75) is 40.0 Å². The Hall–Kier alpha value is -1.58. The fourth-order valence-electron chi connectivity index (χ4n) is 1.75. The number of methoxy groups -OCH3 is 1. The number of rotatable bonds is 10. The van der Waals surface area contributed by atoms with E-state index in [4.69, 9.17) is 18.9 Å². The second kappa shape index (κ2) is 9.34. The summed E-state index contributed by atoms with van der Waals surface area (Å²) >= 11 is 0. The van der Waals surface area contributed by atoms with Gasteiger partial charge in [-0.15, -0.1) is 0 Å². The van der Waals surface area contributed by atoms with Gasteiger partial charge in [0, 0.05) is 0 Å². The van der Waals surface area contributed by atoms with E-state index in [-0.39, 0.29) is 0 Å². The Balaban J connectivity index is 3.03. The van der Waals surface area contributed by atoms with Crippen molar-refractivity contribution in [2.75, 3.05) is 26.9 Å². The van der Waals surface area contributed by atoms with Crippen LogP contribution in [0.4, 0.5) is 0 Å². The lowest BCUT2D eigenvalue weighted by molar-refractivity contribution is 0.238. The fraction of sp³-hybridized carbons (Fsp3) is 0.625. The second-order valence-corrected chi connectivity index (χ2v) is 4.41. The molecular weight excluding hydrogens is 256 g/mol. The van der Waals surface area contributed by atoms with E-state index >= 15 is 0 Å². The van der Waals surface area contributed by atoms with Crippen LogP contribution in [0.15, 0.2) is 12.1 Å². The van der Waals surface area contributed by atoms with Gasteiger partial charge in [0.2, 0.25) is 11.5 Å². The minimum atomic E-state index is 0.553. The Morgan fingerprint density at radius 3 is 2.10 bits per heavy atom. The minimum absolute atomic E-state index is 0.553. The van der Waals surface area contributed by atoms with Gasteiger partial charge in [-0.25, -0.2) is 0 Å². The van der Waals surface area contributed by atoms with Crippen LogP contribution in [0.3, 0.4) is 0 Å². The third kappa shape index (κ3) is 4.51. The normalized spacial score (nSPS) is 10.2. The zero-order chi connectivity index (χ0) is 14.8. The van der Waals surface area contributed by atoms with Crippen molar-refractivity contribution in [3.05, 3.63) is 12.1 Å². The maximum atomic E-state index is 5.81. The molecule has 0 radical (unpaired) electrons. The summed E-state index contributed by atoms with van der Waals surface area (Å²) in [6, 6.07) is 3.73. The van der Waals surface area contributed by atoms with E-state index in [0.29, 0.717) is 37.1 Å². The molecular formula is C16H26O4. The molecule has 0 fully saturated rings. The summed E-state index contributed by atoms with van der Waals surface area (Å²) in [5.74, 6) is 2.65. The van der Waals surface area contributed by atoms with Crippen molar-refractivity contribution < 1.29 is 18.9 Å². The summed E-state index contributed by atoms with van der Waals surface area (Å²) in [5, 5.41) is 0. The molecule has 0 unspecified atom stereocenters. The van der Waals surface area contributed by atoms with Gasteiger partial charge in [0.15, 0.2) is 11.5 Å². The second-order valence-electron chi connectivity index (χ2n) is 4.41. The summed E-state index contributed by atoms with van der Waals surface area (Å²) in [7, 11) is 1.62. The number of hydrogen-bond acceptors (Lipinski definition) is 4. The van der Waals surface area contributed by atoms with E-state index in [0.717, 1.165) is 25.0 Å². The molecule has 0 spiro atoms. The third-order valence-corrected chi connectivity index (χ3v) is 2.75. The highest BCUT2D eigenvalue weighted by Crippen LogP contribution is 2.44. The molecule has 0 aliphatic carbocycles. The average Bonchev–Trinajstić information content (AvgIpc) is 2.47. The van der Waals surface area contributed by atoms with Gasteiger partial charge in [-0.2, -0.15) is 0 Å². The molecule has 0 aromatic heterocycles. The van der Waals surface area contributed by atoms with Crippen LogP contribution in [0.1, 0.15) is 40.0 Å². The zero-order valence-electron chi connectivity index (χ0n) is 13.0. The number of unbranched alkanes of at least 4 members (excludes halogenated alkanes) is 1. The molecule has 0 N–H and O–H groups in total. The first-order valence-electron chi connectivity index (χ1n) is 7.37. The molecule has 1 aromatic carbocycles. The van der Waals surface area contributed by atoms with Gasteiger partial charge in [-0.3, -0.25) is 0 Å². The Kier molecular flexibility index (Phi) is 7.70. The first kappa shape index (κ1) is 16.5. The van der Waals surface area contributed by atoms with Crippen LogP contribution in [-0.2, 0) is 0 Å². The van der Waals surface area contributed by atoms with Crippen LogP contribution in [0.5, 0.6) is 23.0 Å². The van der Waals surface area contributed by atoms with Gasteiger partial charge in [0.25, 0.3) is 0 Å². The SMILES string of the molecule is CCCCOc1ccc(OC)c(OCC)c1OCCC. The van der Waals surface area contributed by atoms with E-state index in [2.05, 4.69) is 13.8 Å². The molecule has 0 saturated heterocycles. The monoisotopic (exact) mass is 282 g/mol. The van der Waals surface area contributed by atoms with Crippen LogP contribution in [-0.4, -0.2) is 26.9 Å². The summed E-state index contributed by atoms with van der Waals surface area (Å²) in [6.07, 6.45) is 3.04. The van der Waals surface area contributed by atoms with Crippen molar-refractivity contribution in [3.8, 4) is 23.0 Å². The highest BCUT2D eigenvalue weighted by atomic mass is 16.6. The van der Waals surface area contributed by atoms with E-state index in [1.54, 1.807) is 7.11 Å². The molecule has 0 aliphatic heterocycles. The predicted molar refractivity (Wildman–Crippen MR) is 80.4 cm³/mol. The van der Waals surface area contributed by atoms with Gasteiger partial charge in [-0.1, -0.05) is 20.3 Å². The first-order chi connectivity index (χ1) is 9.78. The molecule has 20 heavy (non-hydrogen) atoms. The van der Waals surface area contributed by atoms with Crippen LogP contribution >= 0.6 is 0 Å². The van der Waals surface area contributed by atoms with Crippen LogP contribution in [0.25, 0.3) is 0 Å². The van der Waals surface area contributed by atoms with Crippen molar-refractivity contribution in [1.29, 1.82) is 0 Å². The summed E-state index contributed by atoms with van der Waals surface area (Å²) in [6.45, 7) is 7.99.